The molecule has 4 heteroatoms. The summed E-state index contributed by atoms with van der Waals surface area (Å²) >= 11 is 0. The van der Waals surface area contributed by atoms with E-state index in [4.69, 9.17) is 10.5 Å². The van der Waals surface area contributed by atoms with Crippen molar-refractivity contribution in [3.05, 3.63) is 0 Å². The fourth-order valence-corrected chi connectivity index (χ4v) is 2.95. The molecule has 1 saturated carbocycles. The van der Waals surface area contributed by atoms with Crippen molar-refractivity contribution >= 4 is 5.91 Å². The molecule has 1 heterocycles. The third kappa shape index (κ3) is 2.99. The summed E-state index contributed by atoms with van der Waals surface area (Å²) in [7, 11) is 0. The zero-order valence-corrected chi connectivity index (χ0v) is 10.9. The molecule has 2 fully saturated rings. The number of ether oxygens (including phenoxy) is 1. The predicted molar refractivity (Wildman–Crippen MR) is 66.5 cm³/mol. The van der Waals surface area contributed by atoms with E-state index in [9.17, 15) is 4.79 Å². The lowest BCUT2D eigenvalue weighted by Gasteiger charge is -2.38. The monoisotopic (exact) mass is 240 g/mol. The standard InChI is InChI=1S/C13H24N2O2/c1-9-3-4-11(14)7-12(9)13(16)15-5-6-17-10(2)8-15/h9-12H,3-8,14H2,1-2H3. The maximum Gasteiger partial charge on any atom is 0.226 e. The van der Waals surface area contributed by atoms with Gasteiger partial charge in [0.25, 0.3) is 0 Å². The third-order valence-electron chi connectivity index (χ3n) is 4.11. The molecule has 2 rings (SSSR count). The predicted octanol–water partition coefficient (Wildman–Crippen LogP) is 0.997. The first kappa shape index (κ1) is 12.8. The van der Waals surface area contributed by atoms with E-state index in [2.05, 4.69) is 6.92 Å². The Labute approximate surface area is 103 Å². The van der Waals surface area contributed by atoms with Crippen molar-refractivity contribution < 1.29 is 9.53 Å². The summed E-state index contributed by atoms with van der Waals surface area (Å²) in [4.78, 5) is 14.4. The highest BCUT2D eigenvalue weighted by Crippen LogP contribution is 2.30. The fraction of sp³-hybridized carbons (Fsp3) is 0.923. The van der Waals surface area contributed by atoms with E-state index < -0.39 is 0 Å². The minimum Gasteiger partial charge on any atom is -0.375 e. The highest BCUT2D eigenvalue weighted by molar-refractivity contribution is 5.79. The second-order valence-electron chi connectivity index (χ2n) is 5.62. The summed E-state index contributed by atoms with van der Waals surface area (Å²) < 4.78 is 5.47. The van der Waals surface area contributed by atoms with E-state index in [-0.39, 0.29) is 18.1 Å². The second-order valence-corrected chi connectivity index (χ2v) is 5.62. The first-order valence-electron chi connectivity index (χ1n) is 6.74. The molecule has 1 aliphatic heterocycles. The molecule has 4 nitrogen and oxygen atoms in total. The Bertz CT molecular complexity index is 283. The quantitative estimate of drug-likeness (QED) is 0.744. The molecule has 4 atom stereocenters. The molecule has 1 amide bonds. The molecular weight excluding hydrogens is 216 g/mol. The average molecular weight is 240 g/mol. The summed E-state index contributed by atoms with van der Waals surface area (Å²) in [5.41, 5.74) is 5.99. The van der Waals surface area contributed by atoms with Crippen LogP contribution in [0.25, 0.3) is 0 Å². The number of hydrogen-bond acceptors (Lipinski definition) is 3. The number of carbonyl (C=O) groups excluding carboxylic acids is 1. The SMILES string of the molecule is CC1CN(C(=O)C2CC(N)CCC2C)CCO1. The van der Waals surface area contributed by atoms with E-state index in [0.29, 0.717) is 18.4 Å². The molecule has 1 aliphatic carbocycles. The number of nitrogens with zero attached hydrogens (tertiary/aromatic N) is 1. The Hall–Kier alpha value is -0.610. The smallest absolute Gasteiger partial charge is 0.226 e. The fourth-order valence-electron chi connectivity index (χ4n) is 2.95. The lowest BCUT2D eigenvalue weighted by atomic mass is 9.77. The Morgan fingerprint density at radius 3 is 2.82 bits per heavy atom. The third-order valence-corrected chi connectivity index (χ3v) is 4.11. The van der Waals surface area contributed by atoms with Gasteiger partial charge in [-0.05, 0) is 32.1 Å². The van der Waals surface area contributed by atoms with Crippen LogP contribution in [0.5, 0.6) is 0 Å². The van der Waals surface area contributed by atoms with Crippen molar-refractivity contribution in [1.29, 1.82) is 0 Å². The van der Waals surface area contributed by atoms with Gasteiger partial charge in [-0.2, -0.15) is 0 Å². The highest BCUT2D eigenvalue weighted by Gasteiger charge is 2.35. The van der Waals surface area contributed by atoms with Crippen LogP contribution in [0, 0.1) is 11.8 Å². The molecule has 0 aromatic heterocycles. The maximum atomic E-state index is 12.5. The van der Waals surface area contributed by atoms with Crippen LogP contribution in [0.3, 0.4) is 0 Å². The lowest BCUT2D eigenvalue weighted by Crippen LogP contribution is -2.49. The van der Waals surface area contributed by atoms with E-state index in [1.54, 1.807) is 0 Å². The van der Waals surface area contributed by atoms with E-state index in [1.165, 1.54) is 0 Å². The minimum atomic E-state index is 0.129. The lowest BCUT2D eigenvalue weighted by molar-refractivity contribution is -0.145. The molecule has 17 heavy (non-hydrogen) atoms. The van der Waals surface area contributed by atoms with Crippen molar-refractivity contribution in [2.24, 2.45) is 17.6 Å². The zero-order valence-electron chi connectivity index (χ0n) is 10.9. The van der Waals surface area contributed by atoms with Gasteiger partial charge in [0, 0.05) is 25.0 Å². The Morgan fingerprint density at radius 2 is 2.12 bits per heavy atom. The highest BCUT2D eigenvalue weighted by atomic mass is 16.5. The molecule has 0 bridgehead atoms. The summed E-state index contributed by atoms with van der Waals surface area (Å²) in [6, 6.07) is 0.207. The van der Waals surface area contributed by atoms with Crippen molar-refractivity contribution in [3.63, 3.8) is 0 Å². The van der Waals surface area contributed by atoms with Crippen LogP contribution in [0.4, 0.5) is 0 Å². The van der Waals surface area contributed by atoms with Crippen LogP contribution in [-0.4, -0.2) is 42.6 Å². The van der Waals surface area contributed by atoms with Gasteiger partial charge in [-0.1, -0.05) is 6.92 Å². The van der Waals surface area contributed by atoms with Gasteiger partial charge in [0.15, 0.2) is 0 Å². The summed E-state index contributed by atoms with van der Waals surface area (Å²) in [6.45, 7) is 6.34. The van der Waals surface area contributed by atoms with Gasteiger partial charge >= 0.3 is 0 Å². The average Bonchev–Trinajstić information content (AvgIpc) is 2.31. The summed E-state index contributed by atoms with van der Waals surface area (Å²) in [6.07, 6.45) is 3.16. The van der Waals surface area contributed by atoms with E-state index in [0.717, 1.165) is 32.4 Å². The Morgan fingerprint density at radius 1 is 1.35 bits per heavy atom. The first-order chi connectivity index (χ1) is 8.08. The van der Waals surface area contributed by atoms with E-state index in [1.807, 2.05) is 11.8 Å². The van der Waals surface area contributed by atoms with Crippen molar-refractivity contribution in [2.45, 2.75) is 45.3 Å². The van der Waals surface area contributed by atoms with Crippen molar-refractivity contribution in [2.75, 3.05) is 19.7 Å². The van der Waals surface area contributed by atoms with Crippen LogP contribution < -0.4 is 5.73 Å². The largest absolute Gasteiger partial charge is 0.375 e. The molecule has 2 aliphatic rings. The zero-order chi connectivity index (χ0) is 12.4. The van der Waals surface area contributed by atoms with Gasteiger partial charge in [-0.3, -0.25) is 4.79 Å². The van der Waals surface area contributed by atoms with Gasteiger partial charge in [-0.25, -0.2) is 0 Å². The van der Waals surface area contributed by atoms with Crippen LogP contribution >= 0.6 is 0 Å². The van der Waals surface area contributed by atoms with Gasteiger partial charge in [0.2, 0.25) is 5.91 Å². The molecule has 0 aromatic rings. The van der Waals surface area contributed by atoms with Crippen molar-refractivity contribution in [3.8, 4) is 0 Å². The van der Waals surface area contributed by atoms with Gasteiger partial charge in [0.1, 0.15) is 0 Å². The summed E-state index contributed by atoms with van der Waals surface area (Å²) in [5, 5.41) is 0. The van der Waals surface area contributed by atoms with Crippen LogP contribution in [0.1, 0.15) is 33.1 Å². The molecule has 98 valence electrons. The summed E-state index contributed by atoms with van der Waals surface area (Å²) in [5.74, 6) is 0.896. The Kier molecular flexibility index (Phi) is 4.05. The van der Waals surface area contributed by atoms with Gasteiger partial charge < -0.3 is 15.4 Å². The first-order valence-corrected chi connectivity index (χ1v) is 6.74. The molecular formula is C13H24N2O2. The van der Waals surface area contributed by atoms with Crippen LogP contribution in [0.15, 0.2) is 0 Å². The maximum absolute atomic E-state index is 12.5. The molecule has 0 spiro atoms. The van der Waals surface area contributed by atoms with E-state index >= 15 is 0 Å². The van der Waals surface area contributed by atoms with Gasteiger partial charge in [-0.15, -0.1) is 0 Å². The normalized spacial score (nSPS) is 39.1. The van der Waals surface area contributed by atoms with Crippen molar-refractivity contribution in [1.82, 2.24) is 4.90 Å². The van der Waals surface area contributed by atoms with Crippen LogP contribution in [0.2, 0.25) is 0 Å². The minimum absolute atomic E-state index is 0.129. The molecule has 0 radical (unpaired) electrons. The number of nitrogens with two attached hydrogens (primary N) is 1. The number of hydrogen-bond donors (Lipinski definition) is 1. The molecule has 4 unspecified atom stereocenters. The molecule has 0 aromatic carbocycles. The Balaban J connectivity index is 1.97. The second kappa shape index (κ2) is 5.36. The number of rotatable bonds is 1. The molecule has 2 N–H and O–H groups in total. The number of morpholine rings is 1. The number of carbonyl (C=O) groups is 1. The number of amides is 1. The van der Waals surface area contributed by atoms with Crippen LogP contribution in [-0.2, 0) is 9.53 Å². The molecule has 1 saturated heterocycles. The topological polar surface area (TPSA) is 55.6 Å². The van der Waals surface area contributed by atoms with Gasteiger partial charge in [0.05, 0.1) is 12.7 Å².